The number of carbonyl (C=O) groups is 3. The van der Waals surface area contributed by atoms with E-state index in [0.29, 0.717) is 11.1 Å². The second-order valence-electron chi connectivity index (χ2n) is 10.3. The first kappa shape index (κ1) is 30.2. The Kier molecular flexibility index (Phi) is 8.83. The highest BCUT2D eigenvalue weighted by atomic mass is 32.2. The molecule has 2 aliphatic heterocycles. The van der Waals surface area contributed by atoms with Gasteiger partial charge in [0.1, 0.15) is 18.0 Å². The SMILES string of the molecule is CN1CC(=O)N2C(CN(Cc3ccccc3SC(F)(F)F)C(=O)[C@@H]2Cc2ccc(O)cc2)N1C(=O)NCc1ccccc1. The number of urea groups is 1. The van der Waals surface area contributed by atoms with Crippen LogP contribution in [0.25, 0.3) is 0 Å². The number of fused-ring (bicyclic) bond motifs is 1. The normalized spacial score (nSPS) is 19.4. The largest absolute Gasteiger partial charge is 0.508 e. The third kappa shape index (κ3) is 7.05. The van der Waals surface area contributed by atoms with Crippen molar-refractivity contribution in [2.75, 3.05) is 20.1 Å². The maximum atomic E-state index is 14.0. The van der Waals surface area contributed by atoms with Crippen LogP contribution in [0.1, 0.15) is 16.7 Å². The number of alkyl halides is 3. The molecule has 1 unspecified atom stereocenters. The van der Waals surface area contributed by atoms with Crippen molar-refractivity contribution in [3.63, 3.8) is 0 Å². The minimum atomic E-state index is -4.52. The Hall–Kier alpha value is -4.23. The molecule has 2 saturated heterocycles. The van der Waals surface area contributed by atoms with E-state index in [0.717, 1.165) is 5.56 Å². The number of benzene rings is 3. The van der Waals surface area contributed by atoms with Gasteiger partial charge in [-0.1, -0.05) is 60.7 Å². The molecule has 0 saturated carbocycles. The van der Waals surface area contributed by atoms with Gasteiger partial charge in [0.2, 0.25) is 11.8 Å². The van der Waals surface area contributed by atoms with Crippen LogP contribution in [0.5, 0.6) is 5.75 Å². The van der Waals surface area contributed by atoms with Gasteiger partial charge in [-0.3, -0.25) is 9.59 Å². The van der Waals surface area contributed by atoms with E-state index in [1.165, 1.54) is 50.1 Å². The Labute approximate surface area is 250 Å². The molecule has 0 spiro atoms. The van der Waals surface area contributed by atoms with Crippen molar-refractivity contribution in [3.8, 4) is 5.75 Å². The third-order valence-electron chi connectivity index (χ3n) is 7.36. The zero-order chi connectivity index (χ0) is 30.7. The summed E-state index contributed by atoms with van der Waals surface area (Å²) >= 11 is -0.254. The zero-order valence-corrected chi connectivity index (χ0v) is 24.0. The number of aromatic hydroxyl groups is 1. The first-order valence-electron chi connectivity index (χ1n) is 13.5. The van der Waals surface area contributed by atoms with Crippen molar-refractivity contribution >= 4 is 29.6 Å². The van der Waals surface area contributed by atoms with E-state index < -0.39 is 29.7 Å². The number of hydrogen-bond donors (Lipinski definition) is 2. The van der Waals surface area contributed by atoms with Gasteiger partial charge in [0.05, 0.1) is 13.1 Å². The molecule has 2 fully saturated rings. The number of piperazine rings is 1. The molecule has 226 valence electrons. The van der Waals surface area contributed by atoms with E-state index in [1.54, 1.807) is 25.2 Å². The molecule has 9 nitrogen and oxygen atoms in total. The van der Waals surface area contributed by atoms with Gasteiger partial charge in [0, 0.05) is 31.5 Å². The first-order chi connectivity index (χ1) is 20.5. The molecular weight excluding hydrogens is 583 g/mol. The topological polar surface area (TPSA) is 96.4 Å². The van der Waals surface area contributed by atoms with Gasteiger partial charge in [-0.25, -0.2) is 14.8 Å². The number of nitrogens with one attached hydrogen (secondary N) is 1. The third-order valence-corrected chi connectivity index (χ3v) is 8.21. The number of nitrogens with zero attached hydrogens (tertiary/aromatic N) is 4. The predicted octanol–water partition coefficient (Wildman–Crippen LogP) is 4.18. The van der Waals surface area contributed by atoms with Gasteiger partial charge < -0.3 is 20.2 Å². The molecule has 5 rings (SSSR count). The Morgan fingerprint density at radius 1 is 0.977 bits per heavy atom. The molecule has 2 heterocycles. The highest BCUT2D eigenvalue weighted by Crippen LogP contribution is 2.39. The van der Waals surface area contributed by atoms with Gasteiger partial charge in [0.15, 0.2) is 0 Å². The second-order valence-corrected chi connectivity index (χ2v) is 11.5. The maximum absolute atomic E-state index is 14.0. The average molecular weight is 614 g/mol. The summed E-state index contributed by atoms with van der Waals surface area (Å²) < 4.78 is 39.9. The van der Waals surface area contributed by atoms with E-state index >= 15 is 0 Å². The Bertz CT molecular complexity index is 1470. The fraction of sp³-hybridized carbons (Fsp3) is 0.300. The molecule has 4 amide bonds. The van der Waals surface area contributed by atoms with Crippen LogP contribution in [0.4, 0.5) is 18.0 Å². The van der Waals surface area contributed by atoms with Gasteiger partial charge in [-0.05, 0) is 46.7 Å². The molecule has 2 N–H and O–H groups in total. The second kappa shape index (κ2) is 12.6. The standard InChI is InChI=1S/C30H30F3N5O4S/c1-35-19-27(40)37-24(15-20-11-13-23(39)14-12-20)28(41)36(17-22-9-5-6-10-25(22)43-30(31,32)33)18-26(37)38(35)29(42)34-16-21-7-3-2-4-8-21/h2-14,24,26,39H,15-19H2,1H3,(H,34,42)/t24-,26?/m0/s1. The number of phenolic OH excluding ortho intramolecular Hbond substituents is 1. The summed E-state index contributed by atoms with van der Waals surface area (Å²) in [5.41, 5.74) is -2.69. The number of rotatable bonds is 7. The van der Waals surface area contributed by atoms with E-state index in [4.69, 9.17) is 0 Å². The van der Waals surface area contributed by atoms with Crippen LogP contribution in [0, 0.1) is 0 Å². The average Bonchev–Trinajstić information content (AvgIpc) is 2.96. The van der Waals surface area contributed by atoms with Crippen LogP contribution >= 0.6 is 11.8 Å². The summed E-state index contributed by atoms with van der Waals surface area (Å²) in [5.74, 6) is -0.767. The molecule has 3 aromatic carbocycles. The summed E-state index contributed by atoms with van der Waals surface area (Å²) in [6.45, 7) is -0.178. The molecule has 2 aliphatic rings. The van der Waals surface area contributed by atoms with Crippen LogP contribution in [-0.2, 0) is 29.1 Å². The number of amides is 4. The highest BCUT2D eigenvalue weighted by Gasteiger charge is 2.50. The van der Waals surface area contributed by atoms with Crippen molar-refractivity contribution < 1.29 is 32.7 Å². The Morgan fingerprint density at radius 3 is 2.35 bits per heavy atom. The van der Waals surface area contributed by atoms with E-state index in [-0.39, 0.29) is 60.9 Å². The number of carbonyl (C=O) groups excluding carboxylic acids is 3. The molecule has 0 aromatic heterocycles. The van der Waals surface area contributed by atoms with Gasteiger partial charge in [0.25, 0.3) is 0 Å². The number of hydrogen-bond acceptors (Lipinski definition) is 6. The van der Waals surface area contributed by atoms with Crippen molar-refractivity contribution in [1.29, 1.82) is 0 Å². The predicted molar refractivity (Wildman–Crippen MR) is 153 cm³/mol. The van der Waals surface area contributed by atoms with Gasteiger partial charge >= 0.3 is 11.5 Å². The summed E-state index contributed by atoms with van der Waals surface area (Å²) in [4.78, 5) is 43.8. The highest BCUT2D eigenvalue weighted by molar-refractivity contribution is 8.00. The summed E-state index contributed by atoms with van der Waals surface area (Å²) in [6, 6.07) is 20.0. The van der Waals surface area contributed by atoms with Crippen LogP contribution in [-0.4, -0.2) is 80.6 Å². The maximum Gasteiger partial charge on any atom is 0.446 e. The molecule has 43 heavy (non-hydrogen) atoms. The number of halogens is 3. The summed E-state index contributed by atoms with van der Waals surface area (Å²) in [6.07, 6.45) is -0.829. The number of hydrazine groups is 1. The monoisotopic (exact) mass is 613 g/mol. The van der Waals surface area contributed by atoms with Gasteiger partial charge in [-0.2, -0.15) is 13.2 Å². The molecule has 0 aliphatic carbocycles. The number of phenols is 1. The lowest BCUT2D eigenvalue weighted by molar-refractivity contribution is -0.187. The van der Waals surface area contributed by atoms with Crippen molar-refractivity contribution in [3.05, 3.63) is 95.6 Å². The molecular formula is C30H30F3N5O4S. The lowest BCUT2D eigenvalue weighted by atomic mass is 9.98. The van der Waals surface area contributed by atoms with Crippen molar-refractivity contribution in [2.45, 2.75) is 42.1 Å². The quantitative estimate of drug-likeness (QED) is 0.389. The zero-order valence-electron chi connectivity index (χ0n) is 23.2. The van der Waals surface area contributed by atoms with E-state index in [9.17, 15) is 32.7 Å². The molecule has 2 atom stereocenters. The van der Waals surface area contributed by atoms with Crippen molar-refractivity contribution in [1.82, 2.24) is 25.1 Å². The first-order valence-corrected chi connectivity index (χ1v) is 14.4. The van der Waals surface area contributed by atoms with Gasteiger partial charge in [-0.15, -0.1) is 0 Å². The lowest BCUT2D eigenvalue weighted by Gasteiger charge is -2.54. The van der Waals surface area contributed by atoms with Crippen LogP contribution in [0.2, 0.25) is 0 Å². The lowest BCUT2D eigenvalue weighted by Crippen LogP contribution is -2.76. The number of likely N-dealkylation sites (N-methyl/N-ethyl adjacent to an activating group) is 1. The minimum absolute atomic E-state index is 0.0328. The van der Waals surface area contributed by atoms with Crippen LogP contribution < -0.4 is 5.32 Å². The van der Waals surface area contributed by atoms with Crippen molar-refractivity contribution in [2.24, 2.45) is 0 Å². The minimum Gasteiger partial charge on any atom is -0.508 e. The summed E-state index contributed by atoms with van der Waals surface area (Å²) in [5, 5.41) is 15.5. The molecule has 3 aromatic rings. The molecule has 0 radical (unpaired) electrons. The molecule has 13 heteroatoms. The van der Waals surface area contributed by atoms with E-state index in [1.807, 2.05) is 30.3 Å². The fourth-order valence-corrected chi connectivity index (χ4v) is 6.08. The van der Waals surface area contributed by atoms with E-state index in [2.05, 4.69) is 5.32 Å². The Balaban J connectivity index is 1.48. The Morgan fingerprint density at radius 2 is 1.65 bits per heavy atom. The summed E-state index contributed by atoms with van der Waals surface area (Å²) in [7, 11) is 1.60. The van der Waals surface area contributed by atoms with Crippen LogP contribution in [0.15, 0.2) is 83.8 Å². The number of thioether (sulfide) groups is 1. The molecule has 0 bridgehead atoms. The smallest absolute Gasteiger partial charge is 0.446 e. The van der Waals surface area contributed by atoms with Crippen LogP contribution in [0.3, 0.4) is 0 Å². The fourth-order valence-electron chi connectivity index (χ4n) is 5.42.